The number of piperidine rings is 1. The molecule has 3 atom stereocenters. The van der Waals surface area contributed by atoms with Crippen molar-refractivity contribution in [1.82, 2.24) is 24.9 Å². The first-order chi connectivity index (χ1) is 22.3. The molecule has 9 heteroatoms. The quantitative estimate of drug-likeness (QED) is 0.318. The van der Waals surface area contributed by atoms with Crippen molar-refractivity contribution in [3.8, 4) is 0 Å². The average Bonchev–Trinajstić information content (AvgIpc) is 3.80. The zero-order valence-electron chi connectivity index (χ0n) is 27.6. The number of anilines is 1. The van der Waals surface area contributed by atoms with Crippen molar-refractivity contribution in [2.45, 2.75) is 81.3 Å². The lowest BCUT2D eigenvalue weighted by Crippen LogP contribution is -2.42. The minimum atomic E-state index is -0.391. The maximum Gasteiger partial charge on any atom is 0.254 e. The monoisotopic (exact) mass is 626 g/mol. The third kappa shape index (κ3) is 6.06. The molecule has 6 rings (SSSR count). The second-order valence-electron chi connectivity index (χ2n) is 14.1. The summed E-state index contributed by atoms with van der Waals surface area (Å²) in [6.07, 6.45) is 16.4. The Labute approximate surface area is 273 Å². The number of amides is 1. The number of nitrogens with one attached hydrogen (secondary N) is 1. The fourth-order valence-corrected chi connectivity index (χ4v) is 8.54. The van der Waals surface area contributed by atoms with E-state index < -0.39 is 5.54 Å². The Bertz CT molecular complexity index is 1440. The van der Waals surface area contributed by atoms with Gasteiger partial charge in [-0.15, -0.1) is 0 Å². The first-order valence-electron chi connectivity index (χ1n) is 17.1. The van der Waals surface area contributed by atoms with Crippen LogP contribution in [-0.4, -0.2) is 90.4 Å². The van der Waals surface area contributed by atoms with Crippen LogP contribution in [0.15, 0.2) is 49.4 Å². The topological polar surface area (TPSA) is 90.8 Å². The molecule has 0 radical (unpaired) electrons. The van der Waals surface area contributed by atoms with Gasteiger partial charge in [0.1, 0.15) is 18.1 Å². The van der Waals surface area contributed by atoms with Gasteiger partial charge in [0, 0.05) is 62.8 Å². The third-order valence-electron chi connectivity index (χ3n) is 11.7. The molecule has 2 saturated heterocycles. The van der Waals surface area contributed by atoms with Crippen LogP contribution in [0.3, 0.4) is 0 Å². The molecule has 46 heavy (non-hydrogen) atoms. The van der Waals surface area contributed by atoms with Crippen LogP contribution in [-0.2, 0) is 15.1 Å². The standard InChI is InChI=1S/C37H50N6O3/c1-5-27-9-10-32(20-34(27)36(46)40(4)35(8-6-17-44)26(2)38-3)42-22-29-18-33(19-30(29)23-42)41-15-11-28(12-16-41)31-21-39-43(24-31)37(25-45)13-7-14-37/h5,9-10,17,20-21,24-25,28-30,33,35,38H,1-2,6-8,11-16,18-19,22-23H2,3-4H3. The number of hydrogen-bond donors (Lipinski definition) is 1. The Morgan fingerprint density at radius 3 is 2.48 bits per heavy atom. The van der Waals surface area contributed by atoms with Crippen molar-refractivity contribution < 1.29 is 14.4 Å². The van der Waals surface area contributed by atoms with Crippen molar-refractivity contribution in [2.75, 3.05) is 45.2 Å². The van der Waals surface area contributed by atoms with Gasteiger partial charge in [0.25, 0.3) is 5.91 Å². The maximum atomic E-state index is 13.8. The van der Waals surface area contributed by atoms with Crippen LogP contribution >= 0.6 is 0 Å². The van der Waals surface area contributed by atoms with Gasteiger partial charge in [-0.3, -0.25) is 9.48 Å². The Kier molecular flexibility index (Phi) is 9.50. The van der Waals surface area contributed by atoms with E-state index in [2.05, 4.69) is 45.6 Å². The van der Waals surface area contributed by atoms with Gasteiger partial charge in [-0.2, -0.15) is 5.10 Å². The SMILES string of the molecule is C=Cc1ccc(N2CC3CC(N4CCC(c5cnn(C6(C=O)CCC6)c5)CC4)CC3C2)cc1C(=O)N(C)C(CCC=O)C(=C)NC. The fourth-order valence-electron chi connectivity index (χ4n) is 8.54. The van der Waals surface area contributed by atoms with E-state index in [1.165, 1.54) is 18.4 Å². The predicted octanol–water partition coefficient (Wildman–Crippen LogP) is 4.85. The van der Waals surface area contributed by atoms with Gasteiger partial charge >= 0.3 is 0 Å². The molecule has 3 heterocycles. The van der Waals surface area contributed by atoms with Gasteiger partial charge in [0.2, 0.25) is 0 Å². The summed E-state index contributed by atoms with van der Waals surface area (Å²) in [6.45, 7) is 12.3. The van der Waals surface area contributed by atoms with E-state index >= 15 is 0 Å². The Morgan fingerprint density at radius 1 is 1.17 bits per heavy atom. The van der Waals surface area contributed by atoms with E-state index in [9.17, 15) is 14.4 Å². The molecule has 2 aliphatic carbocycles. The normalized spacial score (nSPS) is 24.9. The Hall–Kier alpha value is -3.72. The molecule has 1 aromatic carbocycles. The summed E-state index contributed by atoms with van der Waals surface area (Å²) in [5.74, 6) is 1.76. The van der Waals surface area contributed by atoms with Crippen LogP contribution in [0.25, 0.3) is 6.08 Å². The molecule has 2 aliphatic heterocycles. The summed E-state index contributed by atoms with van der Waals surface area (Å²) in [5.41, 5.74) is 4.15. The molecule has 4 aliphatic rings. The highest BCUT2D eigenvalue weighted by Gasteiger charge is 2.44. The molecule has 1 aromatic heterocycles. The number of carbonyl (C=O) groups excluding carboxylic acids is 3. The van der Waals surface area contributed by atoms with Gasteiger partial charge < -0.3 is 29.6 Å². The van der Waals surface area contributed by atoms with Gasteiger partial charge in [-0.25, -0.2) is 0 Å². The highest BCUT2D eigenvalue weighted by atomic mass is 16.2. The van der Waals surface area contributed by atoms with Crippen molar-refractivity contribution >= 4 is 30.2 Å². The molecule has 0 bridgehead atoms. The van der Waals surface area contributed by atoms with Gasteiger partial charge in [-0.1, -0.05) is 25.3 Å². The van der Waals surface area contributed by atoms with Crippen LogP contribution in [0.1, 0.15) is 85.2 Å². The number of fused-ring (bicyclic) bond motifs is 1. The number of carbonyl (C=O) groups is 3. The molecular formula is C37H50N6O3. The molecule has 2 aromatic rings. The first kappa shape index (κ1) is 32.2. The van der Waals surface area contributed by atoms with Gasteiger partial charge in [0.05, 0.1) is 12.2 Å². The number of hydrogen-bond acceptors (Lipinski definition) is 7. The molecule has 246 valence electrons. The number of likely N-dealkylation sites (tertiary alicyclic amines) is 1. The fraction of sp³-hybridized carbons (Fsp3) is 0.568. The highest BCUT2D eigenvalue weighted by molar-refractivity contribution is 5.99. The summed E-state index contributed by atoms with van der Waals surface area (Å²) in [5, 5.41) is 7.68. The van der Waals surface area contributed by atoms with Crippen LogP contribution < -0.4 is 10.2 Å². The molecule has 1 amide bonds. The first-order valence-corrected chi connectivity index (χ1v) is 17.1. The van der Waals surface area contributed by atoms with Gasteiger partial charge in [0.15, 0.2) is 0 Å². The number of likely N-dealkylation sites (N-methyl/N-ethyl adjacent to an activating group) is 2. The van der Waals surface area contributed by atoms with Crippen LogP contribution in [0, 0.1) is 11.8 Å². The van der Waals surface area contributed by atoms with Crippen molar-refractivity contribution in [2.24, 2.45) is 11.8 Å². The van der Waals surface area contributed by atoms with Crippen LogP contribution in [0.5, 0.6) is 0 Å². The van der Waals surface area contributed by atoms with E-state index in [0.29, 0.717) is 47.9 Å². The average molecular weight is 627 g/mol. The molecule has 1 N–H and O–H groups in total. The lowest BCUT2D eigenvalue weighted by molar-refractivity contribution is -0.119. The second kappa shape index (κ2) is 13.6. The Morgan fingerprint density at radius 2 is 1.89 bits per heavy atom. The second-order valence-corrected chi connectivity index (χ2v) is 14.1. The number of benzene rings is 1. The zero-order valence-corrected chi connectivity index (χ0v) is 27.6. The smallest absolute Gasteiger partial charge is 0.254 e. The van der Waals surface area contributed by atoms with Crippen molar-refractivity contribution in [1.29, 1.82) is 0 Å². The number of rotatable bonds is 13. The van der Waals surface area contributed by atoms with E-state index in [0.717, 1.165) is 82.1 Å². The largest absolute Gasteiger partial charge is 0.390 e. The van der Waals surface area contributed by atoms with Crippen LogP contribution in [0.2, 0.25) is 0 Å². The maximum absolute atomic E-state index is 13.8. The lowest BCUT2D eigenvalue weighted by Gasteiger charge is -2.37. The molecule has 3 unspecified atom stereocenters. The summed E-state index contributed by atoms with van der Waals surface area (Å²) in [4.78, 5) is 43.5. The van der Waals surface area contributed by atoms with E-state index in [-0.39, 0.29) is 11.9 Å². The molecule has 0 spiro atoms. The minimum Gasteiger partial charge on any atom is -0.390 e. The summed E-state index contributed by atoms with van der Waals surface area (Å²) < 4.78 is 1.94. The number of nitrogens with zero attached hydrogens (tertiary/aromatic N) is 5. The Balaban J connectivity index is 1.05. The highest BCUT2D eigenvalue weighted by Crippen LogP contribution is 2.44. The van der Waals surface area contributed by atoms with E-state index in [1.807, 2.05) is 23.0 Å². The number of aromatic nitrogens is 2. The van der Waals surface area contributed by atoms with E-state index in [4.69, 9.17) is 0 Å². The van der Waals surface area contributed by atoms with Crippen molar-refractivity contribution in [3.05, 3.63) is 66.1 Å². The molecule has 9 nitrogen and oxygen atoms in total. The van der Waals surface area contributed by atoms with E-state index in [1.54, 1.807) is 25.1 Å². The predicted molar refractivity (Wildman–Crippen MR) is 182 cm³/mol. The van der Waals surface area contributed by atoms with Gasteiger partial charge in [-0.05, 0) is 105 Å². The third-order valence-corrected chi connectivity index (χ3v) is 11.7. The summed E-state index contributed by atoms with van der Waals surface area (Å²) >= 11 is 0. The summed E-state index contributed by atoms with van der Waals surface area (Å²) in [7, 11) is 3.58. The zero-order chi connectivity index (χ0) is 32.4. The summed E-state index contributed by atoms with van der Waals surface area (Å²) in [6, 6.07) is 6.52. The van der Waals surface area contributed by atoms with Crippen molar-refractivity contribution in [3.63, 3.8) is 0 Å². The molecule has 2 saturated carbocycles. The lowest BCUT2D eigenvalue weighted by atomic mass is 9.78. The minimum absolute atomic E-state index is 0.0921. The molecule has 4 fully saturated rings. The molecular weight excluding hydrogens is 576 g/mol. The van der Waals surface area contributed by atoms with Crippen LogP contribution in [0.4, 0.5) is 5.69 Å². The number of aldehydes is 2.